The van der Waals surface area contributed by atoms with Crippen LogP contribution in [0, 0.1) is 0 Å². The van der Waals surface area contributed by atoms with Gasteiger partial charge >= 0.3 is 0 Å². The van der Waals surface area contributed by atoms with Gasteiger partial charge in [0.05, 0.1) is 12.8 Å². The van der Waals surface area contributed by atoms with Crippen LogP contribution in [0.4, 0.5) is 5.82 Å². The number of aromatic nitrogens is 2. The third-order valence-corrected chi connectivity index (χ3v) is 3.66. The zero-order valence-electron chi connectivity index (χ0n) is 11.5. The molecular weight excluding hydrogens is 330 g/mol. The van der Waals surface area contributed by atoms with Gasteiger partial charge in [-0.3, -0.25) is 0 Å². The van der Waals surface area contributed by atoms with Gasteiger partial charge in [0.1, 0.15) is 17.3 Å². The minimum Gasteiger partial charge on any atom is -0.494 e. The number of nitrogens with two attached hydrogens (primary N) is 1. The molecule has 4 nitrogen and oxygen atoms in total. The highest BCUT2D eigenvalue weighted by Crippen LogP contribution is 2.28. The smallest absolute Gasteiger partial charge is 0.144 e. The van der Waals surface area contributed by atoms with Crippen molar-refractivity contribution < 1.29 is 4.74 Å². The van der Waals surface area contributed by atoms with Crippen LogP contribution >= 0.6 is 15.9 Å². The molecule has 0 amide bonds. The second kappa shape index (κ2) is 5.61. The van der Waals surface area contributed by atoms with Gasteiger partial charge < -0.3 is 10.5 Å². The lowest BCUT2D eigenvalue weighted by atomic mass is 10.2. The summed E-state index contributed by atoms with van der Waals surface area (Å²) < 4.78 is 8.06. The summed E-state index contributed by atoms with van der Waals surface area (Å²) in [4.78, 5) is 0. The van der Waals surface area contributed by atoms with Gasteiger partial charge in [-0.15, -0.1) is 0 Å². The number of halogens is 1. The second-order valence-corrected chi connectivity index (χ2v) is 5.46. The molecule has 0 aliphatic rings. The van der Waals surface area contributed by atoms with Crippen molar-refractivity contribution in [3.8, 4) is 22.7 Å². The standard InChI is InChI=1S/C16H14BrN3O/c1-21-15-8-3-2-7-14(15)20-16(18)10-13(19-20)11-5-4-6-12(17)9-11/h2-10H,18H2,1H3. The molecule has 106 valence electrons. The second-order valence-electron chi connectivity index (χ2n) is 4.55. The molecule has 2 N–H and O–H groups in total. The fraction of sp³-hybridized carbons (Fsp3) is 0.0625. The number of nitrogens with zero attached hydrogens (tertiary/aromatic N) is 2. The number of para-hydroxylation sites is 2. The first-order valence-electron chi connectivity index (χ1n) is 6.44. The Bertz CT molecular complexity index is 783. The summed E-state index contributed by atoms with van der Waals surface area (Å²) in [6.45, 7) is 0. The van der Waals surface area contributed by atoms with Crippen LogP contribution < -0.4 is 10.5 Å². The highest BCUT2D eigenvalue weighted by atomic mass is 79.9. The molecule has 0 radical (unpaired) electrons. The Labute approximate surface area is 131 Å². The molecule has 0 aliphatic carbocycles. The SMILES string of the molecule is COc1ccccc1-n1nc(-c2cccc(Br)c2)cc1N. The molecule has 0 spiro atoms. The van der Waals surface area contributed by atoms with Crippen molar-refractivity contribution in [1.82, 2.24) is 9.78 Å². The predicted molar refractivity (Wildman–Crippen MR) is 87.7 cm³/mol. The van der Waals surface area contributed by atoms with Gasteiger partial charge in [-0.25, -0.2) is 4.68 Å². The Kier molecular flexibility index (Phi) is 3.66. The van der Waals surface area contributed by atoms with Gasteiger partial charge in [-0.2, -0.15) is 5.10 Å². The number of hydrogen-bond acceptors (Lipinski definition) is 3. The van der Waals surface area contributed by atoms with Gasteiger partial charge in [-0.1, -0.05) is 40.2 Å². The van der Waals surface area contributed by atoms with Crippen molar-refractivity contribution in [3.05, 3.63) is 59.1 Å². The normalized spacial score (nSPS) is 10.6. The first-order valence-corrected chi connectivity index (χ1v) is 7.23. The molecule has 21 heavy (non-hydrogen) atoms. The van der Waals surface area contributed by atoms with E-state index in [1.54, 1.807) is 11.8 Å². The Morgan fingerprint density at radius 2 is 1.90 bits per heavy atom. The average Bonchev–Trinajstić information content (AvgIpc) is 2.89. The van der Waals surface area contributed by atoms with Crippen LogP contribution in [0.2, 0.25) is 0 Å². The summed E-state index contributed by atoms with van der Waals surface area (Å²) in [7, 11) is 1.63. The van der Waals surface area contributed by atoms with Gasteiger partial charge in [0.2, 0.25) is 0 Å². The van der Waals surface area contributed by atoms with Crippen LogP contribution in [0.25, 0.3) is 16.9 Å². The van der Waals surface area contributed by atoms with Crippen molar-refractivity contribution >= 4 is 21.7 Å². The maximum absolute atomic E-state index is 6.11. The van der Waals surface area contributed by atoms with E-state index in [0.717, 1.165) is 27.2 Å². The minimum absolute atomic E-state index is 0.564. The summed E-state index contributed by atoms with van der Waals surface area (Å²) in [5, 5.41) is 4.59. The maximum atomic E-state index is 6.11. The third-order valence-electron chi connectivity index (χ3n) is 3.17. The van der Waals surface area contributed by atoms with E-state index in [1.165, 1.54) is 0 Å². The monoisotopic (exact) mass is 343 g/mol. The molecule has 1 aromatic heterocycles. The fourth-order valence-electron chi connectivity index (χ4n) is 2.18. The summed E-state index contributed by atoms with van der Waals surface area (Å²) in [5.74, 6) is 1.29. The van der Waals surface area contributed by atoms with Crippen molar-refractivity contribution in [2.75, 3.05) is 12.8 Å². The number of ether oxygens (including phenoxy) is 1. The number of anilines is 1. The zero-order chi connectivity index (χ0) is 14.8. The predicted octanol–water partition coefficient (Wildman–Crippen LogP) is 3.89. The first kappa shape index (κ1) is 13.7. The van der Waals surface area contributed by atoms with Crippen molar-refractivity contribution in [3.63, 3.8) is 0 Å². The van der Waals surface area contributed by atoms with Gasteiger partial charge in [0.15, 0.2) is 0 Å². The molecule has 0 saturated carbocycles. The fourth-order valence-corrected chi connectivity index (χ4v) is 2.58. The van der Waals surface area contributed by atoms with Crippen LogP contribution in [-0.2, 0) is 0 Å². The largest absolute Gasteiger partial charge is 0.494 e. The Morgan fingerprint density at radius 3 is 2.67 bits per heavy atom. The summed E-state index contributed by atoms with van der Waals surface area (Å²) in [6.07, 6.45) is 0. The van der Waals surface area contributed by atoms with E-state index in [0.29, 0.717) is 5.82 Å². The highest BCUT2D eigenvalue weighted by molar-refractivity contribution is 9.10. The number of hydrogen-bond donors (Lipinski definition) is 1. The number of benzene rings is 2. The van der Waals surface area contributed by atoms with E-state index < -0.39 is 0 Å². The highest BCUT2D eigenvalue weighted by Gasteiger charge is 2.12. The average molecular weight is 344 g/mol. The zero-order valence-corrected chi connectivity index (χ0v) is 13.0. The Balaban J connectivity index is 2.10. The molecule has 0 unspecified atom stereocenters. The van der Waals surface area contributed by atoms with E-state index in [-0.39, 0.29) is 0 Å². The lowest BCUT2D eigenvalue weighted by molar-refractivity contribution is 0.412. The van der Waals surface area contributed by atoms with Crippen molar-refractivity contribution in [2.45, 2.75) is 0 Å². The van der Waals surface area contributed by atoms with E-state index in [9.17, 15) is 0 Å². The van der Waals surface area contributed by atoms with Gasteiger partial charge in [0, 0.05) is 16.1 Å². The van der Waals surface area contributed by atoms with E-state index in [2.05, 4.69) is 21.0 Å². The number of nitrogen functional groups attached to an aromatic ring is 1. The summed E-state index contributed by atoms with van der Waals surface area (Å²) in [6, 6.07) is 17.5. The lowest BCUT2D eigenvalue weighted by Gasteiger charge is -2.09. The van der Waals surface area contributed by atoms with Crippen LogP contribution in [0.15, 0.2) is 59.1 Å². The van der Waals surface area contributed by atoms with Crippen LogP contribution in [-0.4, -0.2) is 16.9 Å². The molecule has 2 aromatic carbocycles. The van der Waals surface area contributed by atoms with Gasteiger partial charge in [-0.05, 0) is 24.3 Å². The van der Waals surface area contributed by atoms with E-state index in [1.807, 2.05) is 54.6 Å². The molecule has 0 fully saturated rings. The minimum atomic E-state index is 0.564. The summed E-state index contributed by atoms with van der Waals surface area (Å²) >= 11 is 3.47. The Hall–Kier alpha value is -2.27. The van der Waals surface area contributed by atoms with E-state index >= 15 is 0 Å². The Morgan fingerprint density at radius 1 is 1.10 bits per heavy atom. The van der Waals surface area contributed by atoms with Crippen molar-refractivity contribution in [1.29, 1.82) is 0 Å². The topological polar surface area (TPSA) is 53.1 Å². The van der Waals surface area contributed by atoms with Crippen LogP contribution in [0.3, 0.4) is 0 Å². The summed E-state index contributed by atoms with van der Waals surface area (Å²) in [5.41, 5.74) is 8.75. The molecule has 3 rings (SSSR count). The molecule has 5 heteroatoms. The maximum Gasteiger partial charge on any atom is 0.144 e. The number of methoxy groups -OCH3 is 1. The molecule has 0 atom stereocenters. The van der Waals surface area contributed by atoms with Crippen molar-refractivity contribution in [2.24, 2.45) is 0 Å². The molecule has 1 heterocycles. The number of rotatable bonds is 3. The molecule has 0 saturated heterocycles. The van der Waals surface area contributed by atoms with Gasteiger partial charge in [0.25, 0.3) is 0 Å². The van der Waals surface area contributed by atoms with E-state index in [4.69, 9.17) is 10.5 Å². The quantitative estimate of drug-likeness (QED) is 0.784. The van der Waals surface area contributed by atoms with Crippen LogP contribution in [0.5, 0.6) is 5.75 Å². The molecule has 0 aliphatic heterocycles. The third kappa shape index (κ3) is 2.64. The first-order chi connectivity index (χ1) is 10.2. The molecule has 0 bridgehead atoms. The van der Waals surface area contributed by atoms with Crippen LogP contribution in [0.1, 0.15) is 0 Å². The molecule has 3 aromatic rings. The lowest BCUT2D eigenvalue weighted by Crippen LogP contribution is -2.03. The molecular formula is C16H14BrN3O.